The van der Waals surface area contributed by atoms with Gasteiger partial charge in [0, 0.05) is 30.0 Å². The number of aliphatic hydroxyl groups is 3. The Morgan fingerprint density at radius 3 is 2.71 bits per heavy atom. The van der Waals surface area contributed by atoms with Crippen LogP contribution in [-0.4, -0.2) is 62.0 Å². The molecule has 3 N–H and O–H groups in total. The van der Waals surface area contributed by atoms with E-state index in [0.29, 0.717) is 6.42 Å². The van der Waals surface area contributed by atoms with Gasteiger partial charge in [0.15, 0.2) is 5.17 Å². The average molecular weight is 310 g/mol. The molecule has 0 aromatic heterocycles. The Bertz CT molecular complexity index is 491. The summed E-state index contributed by atoms with van der Waals surface area (Å²) in [6.45, 7) is 2.93. The highest BCUT2D eigenvalue weighted by Gasteiger charge is 2.47. The predicted molar refractivity (Wildman–Crippen MR) is 84.0 cm³/mol. The molecule has 5 atom stereocenters. The molecule has 116 valence electrons. The minimum absolute atomic E-state index is 0.0933. The number of hydrogen-bond donors (Lipinski definition) is 3. The standard InChI is InChI=1S/C15H22N2O3S/c1-2-6-17(10-4-3-5-10)15-16-12-11(21-15)7-9(8-18)13(19)14(12)20/h3-5,9,11-14,18-20H,2,6-8H2,1H3/t9-,11+,12+,13-,14-/m1/s1. The van der Waals surface area contributed by atoms with E-state index < -0.39 is 12.2 Å². The predicted octanol–water partition coefficient (Wildman–Crippen LogP) is 0.726. The van der Waals surface area contributed by atoms with Crippen LogP contribution in [0.25, 0.3) is 0 Å². The third-order valence-electron chi connectivity index (χ3n) is 4.37. The summed E-state index contributed by atoms with van der Waals surface area (Å²) < 4.78 is 0. The monoisotopic (exact) mass is 310 g/mol. The van der Waals surface area contributed by atoms with Crippen LogP contribution in [-0.2, 0) is 0 Å². The molecule has 1 heterocycles. The molecule has 6 heteroatoms. The maximum absolute atomic E-state index is 10.3. The Kier molecular flexibility index (Phi) is 4.40. The highest BCUT2D eigenvalue weighted by Crippen LogP contribution is 2.41. The van der Waals surface area contributed by atoms with Gasteiger partial charge in [0.2, 0.25) is 0 Å². The van der Waals surface area contributed by atoms with Gasteiger partial charge in [0.1, 0.15) is 6.10 Å². The van der Waals surface area contributed by atoms with E-state index in [1.165, 1.54) is 0 Å². The summed E-state index contributed by atoms with van der Waals surface area (Å²) in [7, 11) is 0. The van der Waals surface area contributed by atoms with Crippen LogP contribution in [0.3, 0.4) is 0 Å². The lowest BCUT2D eigenvalue weighted by molar-refractivity contribution is -0.0646. The van der Waals surface area contributed by atoms with Crippen LogP contribution in [0, 0.1) is 5.92 Å². The number of hydrogen-bond acceptors (Lipinski definition) is 6. The Balaban J connectivity index is 1.77. The van der Waals surface area contributed by atoms with Crippen LogP contribution in [0.1, 0.15) is 19.8 Å². The minimum atomic E-state index is -0.889. The fourth-order valence-corrected chi connectivity index (χ4v) is 4.57. The minimum Gasteiger partial charge on any atom is -0.396 e. The zero-order valence-electron chi connectivity index (χ0n) is 12.1. The van der Waals surface area contributed by atoms with Crippen molar-refractivity contribution in [3.05, 3.63) is 23.9 Å². The molecule has 2 aliphatic carbocycles. The number of rotatable bonds is 4. The van der Waals surface area contributed by atoms with Gasteiger partial charge in [-0.05, 0) is 25.0 Å². The van der Waals surface area contributed by atoms with Gasteiger partial charge in [-0.2, -0.15) is 0 Å². The number of aliphatic imine (C=N–C) groups is 1. The van der Waals surface area contributed by atoms with Crippen molar-refractivity contribution in [1.82, 2.24) is 4.90 Å². The molecular formula is C15H22N2O3S. The summed E-state index contributed by atoms with van der Waals surface area (Å²) in [6, 6.07) is -0.271. The summed E-state index contributed by atoms with van der Waals surface area (Å²) >= 11 is 1.66. The fraction of sp³-hybridized carbons (Fsp3) is 0.667. The molecule has 0 aromatic rings. The molecule has 0 radical (unpaired) electrons. The molecule has 3 rings (SSSR count). The van der Waals surface area contributed by atoms with E-state index in [0.717, 1.165) is 23.8 Å². The van der Waals surface area contributed by atoms with Crippen molar-refractivity contribution in [2.24, 2.45) is 10.9 Å². The van der Waals surface area contributed by atoms with E-state index >= 15 is 0 Å². The van der Waals surface area contributed by atoms with Crippen molar-refractivity contribution < 1.29 is 15.3 Å². The first-order valence-electron chi connectivity index (χ1n) is 7.53. The Hall–Kier alpha value is -0.820. The zero-order valence-corrected chi connectivity index (χ0v) is 12.9. The van der Waals surface area contributed by atoms with E-state index in [2.05, 4.69) is 29.0 Å². The summed E-state index contributed by atoms with van der Waals surface area (Å²) in [5.41, 5.74) is 1.15. The first kappa shape index (κ1) is 15.1. The van der Waals surface area contributed by atoms with E-state index in [4.69, 9.17) is 0 Å². The first-order chi connectivity index (χ1) is 10.2. The van der Waals surface area contributed by atoms with E-state index in [1.807, 2.05) is 6.08 Å². The Morgan fingerprint density at radius 2 is 2.14 bits per heavy atom. The van der Waals surface area contributed by atoms with Gasteiger partial charge in [0.25, 0.3) is 0 Å². The molecule has 0 bridgehead atoms. The largest absolute Gasteiger partial charge is 0.396 e. The van der Waals surface area contributed by atoms with E-state index in [-0.39, 0.29) is 23.8 Å². The van der Waals surface area contributed by atoms with Crippen molar-refractivity contribution in [2.75, 3.05) is 13.2 Å². The molecule has 5 nitrogen and oxygen atoms in total. The van der Waals surface area contributed by atoms with Crippen LogP contribution in [0.15, 0.2) is 28.9 Å². The smallest absolute Gasteiger partial charge is 0.164 e. The lowest BCUT2D eigenvalue weighted by atomic mass is 9.81. The lowest BCUT2D eigenvalue weighted by Gasteiger charge is -2.37. The molecule has 0 unspecified atom stereocenters. The molecule has 3 aliphatic rings. The van der Waals surface area contributed by atoms with Gasteiger partial charge in [0.05, 0.1) is 12.1 Å². The van der Waals surface area contributed by atoms with Gasteiger partial charge >= 0.3 is 0 Å². The molecule has 0 amide bonds. The van der Waals surface area contributed by atoms with Crippen molar-refractivity contribution in [3.8, 4) is 0 Å². The summed E-state index contributed by atoms with van der Waals surface area (Å²) in [5, 5.41) is 30.7. The third-order valence-corrected chi connectivity index (χ3v) is 5.68. The lowest BCUT2D eigenvalue weighted by Crippen LogP contribution is -2.51. The van der Waals surface area contributed by atoms with Crippen LogP contribution < -0.4 is 0 Å². The van der Waals surface area contributed by atoms with Crippen LogP contribution in [0.4, 0.5) is 0 Å². The summed E-state index contributed by atoms with van der Waals surface area (Å²) in [4.78, 5) is 6.85. The number of aliphatic hydroxyl groups excluding tert-OH is 3. The van der Waals surface area contributed by atoms with Crippen molar-refractivity contribution in [3.63, 3.8) is 0 Å². The van der Waals surface area contributed by atoms with Crippen molar-refractivity contribution in [1.29, 1.82) is 0 Å². The van der Waals surface area contributed by atoms with Gasteiger partial charge in [-0.15, -0.1) is 0 Å². The van der Waals surface area contributed by atoms with Crippen LogP contribution in [0.2, 0.25) is 0 Å². The first-order valence-corrected chi connectivity index (χ1v) is 8.41. The average Bonchev–Trinajstić information content (AvgIpc) is 2.84. The third kappa shape index (κ3) is 2.65. The number of nitrogens with zero attached hydrogens (tertiary/aromatic N) is 2. The van der Waals surface area contributed by atoms with Crippen molar-refractivity contribution >= 4 is 16.9 Å². The van der Waals surface area contributed by atoms with E-state index in [1.54, 1.807) is 11.8 Å². The number of allylic oxidation sites excluding steroid dienone is 3. The van der Waals surface area contributed by atoms with Gasteiger partial charge in [-0.3, -0.25) is 4.99 Å². The molecule has 21 heavy (non-hydrogen) atoms. The second-order valence-corrected chi connectivity index (χ2v) is 7.03. The number of amidine groups is 1. The fourth-order valence-electron chi connectivity index (χ4n) is 3.09. The molecule has 1 fully saturated rings. The molecule has 0 saturated heterocycles. The molecule has 1 saturated carbocycles. The number of fused-ring (bicyclic) bond motifs is 1. The van der Waals surface area contributed by atoms with Gasteiger partial charge in [-0.25, -0.2) is 0 Å². The summed E-state index contributed by atoms with van der Waals surface area (Å²) in [6.07, 6.45) is 6.05. The molecule has 1 aliphatic heterocycles. The zero-order chi connectivity index (χ0) is 15.0. The quantitative estimate of drug-likeness (QED) is 0.713. The normalized spacial score (nSPS) is 37.6. The Labute approximate surface area is 129 Å². The Morgan fingerprint density at radius 1 is 1.38 bits per heavy atom. The van der Waals surface area contributed by atoms with Crippen LogP contribution >= 0.6 is 11.8 Å². The van der Waals surface area contributed by atoms with Gasteiger partial charge < -0.3 is 20.2 Å². The highest BCUT2D eigenvalue weighted by molar-refractivity contribution is 8.14. The second kappa shape index (κ2) is 6.12. The second-order valence-electron chi connectivity index (χ2n) is 5.82. The molecule has 0 spiro atoms. The number of thioether (sulfide) groups is 1. The van der Waals surface area contributed by atoms with E-state index in [9.17, 15) is 15.3 Å². The summed E-state index contributed by atoms with van der Waals surface area (Å²) in [5.74, 6) is -0.259. The molecule has 0 aromatic carbocycles. The van der Waals surface area contributed by atoms with Gasteiger partial charge in [-0.1, -0.05) is 24.8 Å². The maximum atomic E-state index is 10.3. The molecular weight excluding hydrogens is 288 g/mol. The maximum Gasteiger partial charge on any atom is 0.164 e. The topological polar surface area (TPSA) is 76.3 Å². The van der Waals surface area contributed by atoms with Crippen molar-refractivity contribution in [2.45, 2.75) is 43.3 Å². The highest BCUT2D eigenvalue weighted by atomic mass is 32.2. The van der Waals surface area contributed by atoms with Crippen LogP contribution in [0.5, 0.6) is 0 Å². The SMILES string of the molecule is CCCN(C1=CC=C1)C1=N[C@@H]2[C@@H](O)[C@H](O)[C@@H](CO)C[C@@H]2S1.